The molecule has 0 saturated carbocycles. The first kappa shape index (κ1) is 23.6. The summed E-state index contributed by atoms with van der Waals surface area (Å²) in [5.41, 5.74) is 1.21. The molecule has 0 bridgehead atoms. The highest BCUT2D eigenvalue weighted by molar-refractivity contribution is 7.88. The minimum atomic E-state index is -3.25. The van der Waals surface area contributed by atoms with Crippen molar-refractivity contribution in [2.75, 3.05) is 19.4 Å². The van der Waals surface area contributed by atoms with Crippen molar-refractivity contribution in [1.29, 1.82) is 0 Å². The standard InChI is InChI=1S/C23H23NO6S2/c1-32(27,28)24-14-13-18-11-12-22(31-18)20(25)16-30-23(26)19-9-5-6-10-21(19)29-15-17-7-3-2-4-8-17/h2-12,24H,13-16H2,1H3. The van der Waals surface area contributed by atoms with E-state index < -0.39 is 22.6 Å². The van der Waals surface area contributed by atoms with Gasteiger partial charge in [0, 0.05) is 11.4 Å². The predicted molar refractivity (Wildman–Crippen MR) is 123 cm³/mol. The Morgan fingerprint density at radius 3 is 2.44 bits per heavy atom. The quantitative estimate of drug-likeness (QED) is 0.338. The molecule has 0 radical (unpaired) electrons. The third kappa shape index (κ3) is 7.30. The molecular weight excluding hydrogens is 450 g/mol. The van der Waals surface area contributed by atoms with Crippen LogP contribution in [0.25, 0.3) is 0 Å². The zero-order valence-electron chi connectivity index (χ0n) is 17.4. The normalized spacial score (nSPS) is 11.2. The summed E-state index contributed by atoms with van der Waals surface area (Å²) in [7, 11) is -3.25. The van der Waals surface area contributed by atoms with E-state index in [-0.39, 0.29) is 17.9 Å². The van der Waals surface area contributed by atoms with E-state index >= 15 is 0 Å². The molecule has 0 spiro atoms. The number of hydrogen-bond donors (Lipinski definition) is 1. The molecule has 9 heteroatoms. The molecule has 0 aliphatic heterocycles. The van der Waals surface area contributed by atoms with Gasteiger partial charge in [-0.05, 0) is 36.2 Å². The number of carbonyl (C=O) groups is 2. The van der Waals surface area contributed by atoms with Crippen LogP contribution in [0, 0.1) is 0 Å². The van der Waals surface area contributed by atoms with Gasteiger partial charge < -0.3 is 9.47 Å². The fraction of sp³-hybridized carbons (Fsp3) is 0.217. The highest BCUT2D eigenvalue weighted by atomic mass is 32.2. The fourth-order valence-electron chi connectivity index (χ4n) is 2.80. The molecule has 1 heterocycles. The maximum absolute atomic E-state index is 12.5. The number of rotatable bonds is 11. The molecule has 0 atom stereocenters. The highest BCUT2D eigenvalue weighted by Gasteiger charge is 2.17. The van der Waals surface area contributed by atoms with Gasteiger partial charge >= 0.3 is 5.97 Å². The first-order valence-corrected chi connectivity index (χ1v) is 12.5. The summed E-state index contributed by atoms with van der Waals surface area (Å²) in [6.45, 7) is 0.158. The van der Waals surface area contributed by atoms with Crippen LogP contribution in [0.3, 0.4) is 0 Å². The van der Waals surface area contributed by atoms with Gasteiger partial charge in [-0.1, -0.05) is 42.5 Å². The number of carbonyl (C=O) groups excluding carboxylic acids is 2. The Morgan fingerprint density at radius 2 is 1.69 bits per heavy atom. The molecule has 0 saturated heterocycles. The van der Waals surface area contributed by atoms with Gasteiger partial charge in [-0.15, -0.1) is 11.3 Å². The third-order valence-corrected chi connectivity index (χ3v) is 6.27. The molecular formula is C23H23NO6S2. The smallest absolute Gasteiger partial charge is 0.342 e. The fourth-order valence-corrected chi connectivity index (χ4v) is 4.20. The van der Waals surface area contributed by atoms with Gasteiger partial charge in [0.15, 0.2) is 6.61 Å². The van der Waals surface area contributed by atoms with E-state index in [9.17, 15) is 18.0 Å². The Labute approximate surface area is 191 Å². The lowest BCUT2D eigenvalue weighted by Crippen LogP contribution is -2.24. The maximum atomic E-state index is 12.5. The molecule has 3 rings (SSSR count). The summed E-state index contributed by atoms with van der Waals surface area (Å²) in [5.74, 6) is -0.588. The monoisotopic (exact) mass is 473 g/mol. The van der Waals surface area contributed by atoms with Crippen LogP contribution in [0.1, 0.15) is 30.5 Å². The van der Waals surface area contributed by atoms with E-state index in [2.05, 4.69) is 4.72 Å². The van der Waals surface area contributed by atoms with Gasteiger partial charge in [0.05, 0.1) is 11.1 Å². The van der Waals surface area contributed by atoms with Gasteiger partial charge in [0.1, 0.15) is 17.9 Å². The van der Waals surface area contributed by atoms with E-state index in [1.165, 1.54) is 11.3 Å². The van der Waals surface area contributed by atoms with Crippen molar-refractivity contribution in [2.24, 2.45) is 0 Å². The Kier molecular flexibility index (Phi) is 8.15. The van der Waals surface area contributed by atoms with Gasteiger partial charge in [0.2, 0.25) is 15.8 Å². The van der Waals surface area contributed by atoms with E-state index in [4.69, 9.17) is 9.47 Å². The molecule has 168 valence electrons. The van der Waals surface area contributed by atoms with Crippen molar-refractivity contribution < 1.29 is 27.5 Å². The number of ether oxygens (including phenoxy) is 2. The van der Waals surface area contributed by atoms with Crippen LogP contribution in [0.15, 0.2) is 66.7 Å². The summed E-state index contributed by atoms with van der Waals surface area (Å²) < 4.78 is 35.6. The number of para-hydroxylation sites is 1. The van der Waals surface area contributed by atoms with Crippen molar-refractivity contribution in [2.45, 2.75) is 13.0 Å². The third-order valence-electron chi connectivity index (χ3n) is 4.35. The molecule has 7 nitrogen and oxygen atoms in total. The molecule has 3 aromatic rings. The minimum absolute atomic E-state index is 0.245. The average Bonchev–Trinajstić information content (AvgIpc) is 3.25. The van der Waals surface area contributed by atoms with Crippen molar-refractivity contribution in [3.05, 3.63) is 87.6 Å². The largest absolute Gasteiger partial charge is 0.488 e. The van der Waals surface area contributed by atoms with Crippen molar-refractivity contribution in [3.8, 4) is 5.75 Å². The highest BCUT2D eigenvalue weighted by Crippen LogP contribution is 2.21. The number of hydrogen-bond acceptors (Lipinski definition) is 7. The first-order valence-electron chi connectivity index (χ1n) is 9.81. The number of esters is 1. The van der Waals surface area contributed by atoms with E-state index in [0.29, 0.717) is 23.7 Å². The first-order chi connectivity index (χ1) is 15.3. The van der Waals surface area contributed by atoms with Gasteiger partial charge in [-0.2, -0.15) is 0 Å². The molecule has 0 unspecified atom stereocenters. The lowest BCUT2D eigenvalue weighted by Gasteiger charge is -2.11. The average molecular weight is 474 g/mol. The van der Waals surface area contributed by atoms with E-state index in [1.54, 1.807) is 36.4 Å². The summed E-state index contributed by atoms with van der Waals surface area (Å²) >= 11 is 1.25. The lowest BCUT2D eigenvalue weighted by atomic mass is 10.2. The van der Waals surface area contributed by atoms with Gasteiger partial charge in [-0.3, -0.25) is 4.79 Å². The number of thiophene rings is 1. The molecule has 1 N–H and O–H groups in total. The zero-order chi connectivity index (χ0) is 23.0. The molecule has 0 amide bonds. The van der Waals surface area contributed by atoms with Crippen LogP contribution in [-0.2, 0) is 27.8 Å². The predicted octanol–water partition coefficient (Wildman–Crippen LogP) is 3.46. The molecule has 2 aromatic carbocycles. The van der Waals surface area contributed by atoms with E-state index in [0.717, 1.165) is 16.7 Å². The second-order valence-corrected chi connectivity index (χ2v) is 9.95. The Bertz CT molecular complexity index is 1170. The van der Waals surface area contributed by atoms with Crippen molar-refractivity contribution in [1.82, 2.24) is 4.72 Å². The minimum Gasteiger partial charge on any atom is -0.488 e. The molecule has 0 aliphatic carbocycles. The van der Waals surface area contributed by atoms with Gasteiger partial charge in [0.25, 0.3) is 0 Å². The number of sulfonamides is 1. The Morgan fingerprint density at radius 1 is 0.969 bits per heavy atom. The van der Waals surface area contributed by atoms with Crippen LogP contribution < -0.4 is 9.46 Å². The number of benzene rings is 2. The van der Waals surface area contributed by atoms with Crippen molar-refractivity contribution >= 4 is 33.1 Å². The van der Waals surface area contributed by atoms with Crippen LogP contribution in [0.5, 0.6) is 5.75 Å². The number of Topliss-reactive ketones (excluding diaryl/α,β-unsaturated/α-hetero) is 1. The SMILES string of the molecule is CS(=O)(=O)NCCc1ccc(C(=O)COC(=O)c2ccccc2OCc2ccccc2)s1. The van der Waals surface area contributed by atoms with Crippen molar-refractivity contribution in [3.63, 3.8) is 0 Å². The molecule has 0 aliphatic rings. The number of ketones is 1. The topological polar surface area (TPSA) is 98.8 Å². The summed E-state index contributed by atoms with van der Waals surface area (Å²) in [5, 5.41) is 0. The zero-order valence-corrected chi connectivity index (χ0v) is 19.1. The number of nitrogens with one attached hydrogen (secondary N) is 1. The molecule has 32 heavy (non-hydrogen) atoms. The van der Waals surface area contributed by atoms with Crippen LogP contribution in [0.4, 0.5) is 0 Å². The maximum Gasteiger partial charge on any atom is 0.342 e. The van der Waals surface area contributed by atoms with Crippen LogP contribution in [-0.4, -0.2) is 39.6 Å². The second kappa shape index (κ2) is 11.0. The van der Waals surface area contributed by atoms with Crippen LogP contribution >= 0.6 is 11.3 Å². The Balaban J connectivity index is 1.54. The molecule has 1 aromatic heterocycles. The lowest BCUT2D eigenvalue weighted by molar-refractivity contribution is 0.0471. The van der Waals surface area contributed by atoms with Gasteiger partial charge in [-0.25, -0.2) is 17.9 Å². The second-order valence-electron chi connectivity index (χ2n) is 6.95. The molecule has 0 fully saturated rings. The van der Waals surface area contributed by atoms with E-state index in [1.807, 2.05) is 30.3 Å². The summed E-state index contributed by atoms with van der Waals surface area (Å²) in [6, 6.07) is 19.7. The summed E-state index contributed by atoms with van der Waals surface area (Å²) in [6.07, 6.45) is 1.56. The van der Waals surface area contributed by atoms with Crippen LogP contribution in [0.2, 0.25) is 0 Å². The summed E-state index contributed by atoms with van der Waals surface area (Å²) in [4.78, 5) is 26.3. The Hall–Kier alpha value is -3.01.